The van der Waals surface area contributed by atoms with Gasteiger partial charge in [0, 0.05) is 18.4 Å². The van der Waals surface area contributed by atoms with E-state index in [0.717, 1.165) is 17.4 Å². The highest BCUT2D eigenvalue weighted by Crippen LogP contribution is 2.15. The molecule has 0 aliphatic heterocycles. The molecular formula is C15H17NO4S. The number of aryl methyl sites for hydroxylation is 2. The Hall–Kier alpha value is -2.08. The van der Waals surface area contributed by atoms with Crippen LogP contribution in [0, 0.1) is 13.8 Å². The Labute approximate surface area is 123 Å². The van der Waals surface area contributed by atoms with Crippen molar-refractivity contribution in [3.63, 3.8) is 0 Å². The maximum absolute atomic E-state index is 12.1. The largest absolute Gasteiger partial charge is 0.469 e. The second kappa shape index (κ2) is 5.73. The van der Waals surface area contributed by atoms with Gasteiger partial charge < -0.3 is 9.73 Å². The number of furan rings is 1. The molecule has 2 aromatic rings. The van der Waals surface area contributed by atoms with Crippen molar-refractivity contribution < 1.29 is 17.6 Å². The fourth-order valence-electron chi connectivity index (χ4n) is 2.04. The molecule has 0 aliphatic carbocycles. The number of carbonyl (C=O) groups excluding carboxylic acids is 1. The number of hydrogen-bond acceptors (Lipinski definition) is 4. The maximum atomic E-state index is 12.1. The van der Waals surface area contributed by atoms with E-state index in [4.69, 9.17) is 4.42 Å². The number of carbonyl (C=O) groups is 1. The maximum Gasteiger partial charge on any atom is 0.255 e. The lowest BCUT2D eigenvalue weighted by molar-refractivity contribution is 0.0949. The van der Waals surface area contributed by atoms with E-state index in [2.05, 4.69) is 5.32 Å². The molecule has 1 heterocycles. The first kappa shape index (κ1) is 15.3. The Morgan fingerprint density at radius 3 is 2.29 bits per heavy atom. The molecule has 0 atom stereocenters. The van der Waals surface area contributed by atoms with Crippen molar-refractivity contribution in [2.45, 2.75) is 25.3 Å². The average molecular weight is 307 g/mol. The minimum atomic E-state index is -3.20. The van der Waals surface area contributed by atoms with Crippen LogP contribution in [0.1, 0.15) is 27.2 Å². The molecule has 1 aromatic heterocycles. The van der Waals surface area contributed by atoms with Crippen LogP contribution in [0.25, 0.3) is 0 Å². The van der Waals surface area contributed by atoms with Crippen molar-refractivity contribution in [2.75, 3.05) is 6.26 Å². The summed E-state index contributed by atoms with van der Waals surface area (Å²) in [6.45, 7) is 3.88. The van der Waals surface area contributed by atoms with Crippen molar-refractivity contribution in [1.29, 1.82) is 0 Å². The van der Waals surface area contributed by atoms with Gasteiger partial charge in [0.1, 0.15) is 5.76 Å². The number of rotatable bonds is 4. The zero-order chi connectivity index (χ0) is 15.6. The van der Waals surface area contributed by atoms with E-state index in [9.17, 15) is 13.2 Å². The van der Waals surface area contributed by atoms with E-state index in [0.29, 0.717) is 17.9 Å². The molecule has 1 aromatic carbocycles. The van der Waals surface area contributed by atoms with Gasteiger partial charge in [-0.1, -0.05) is 12.1 Å². The van der Waals surface area contributed by atoms with E-state index >= 15 is 0 Å². The molecule has 0 saturated heterocycles. The average Bonchev–Trinajstić information content (AvgIpc) is 2.75. The standard InChI is InChI=1S/C15H17NO4S/c1-10-9-20-11(2)14(10)15(17)16-8-12-4-6-13(7-5-12)21(3,18)19/h4-7,9H,8H2,1-3H3,(H,16,17). The Morgan fingerprint density at radius 2 is 1.81 bits per heavy atom. The quantitative estimate of drug-likeness (QED) is 0.939. The molecule has 1 amide bonds. The minimum Gasteiger partial charge on any atom is -0.469 e. The lowest BCUT2D eigenvalue weighted by atomic mass is 10.1. The fraction of sp³-hybridized carbons (Fsp3) is 0.267. The zero-order valence-electron chi connectivity index (χ0n) is 12.1. The molecular weight excluding hydrogens is 290 g/mol. The van der Waals surface area contributed by atoms with Crippen LogP contribution >= 0.6 is 0 Å². The van der Waals surface area contributed by atoms with Crippen LogP contribution in [-0.2, 0) is 16.4 Å². The highest BCUT2D eigenvalue weighted by molar-refractivity contribution is 7.90. The van der Waals surface area contributed by atoms with Gasteiger partial charge in [0.15, 0.2) is 9.84 Å². The summed E-state index contributed by atoms with van der Waals surface area (Å²) in [5.41, 5.74) is 2.16. The summed E-state index contributed by atoms with van der Waals surface area (Å²) in [5.74, 6) is 0.378. The molecule has 0 unspecified atom stereocenters. The summed E-state index contributed by atoms with van der Waals surface area (Å²) in [5, 5.41) is 2.79. The van der Waals surface area contributed by atoms with Crippen molar-refractivity contribution in [3.05, 3.63) is 53.0 Å². The molecule has 6 heteroatoms. The van der Waals surface area contributed by atoms with Crippen LogP contribution in [0.4, 0.5) is 0 Å². The predicted molar refractivity (Wildman–Crippen MR) is 78.9 cm³/mol. The van der Waals surface area contributed by atoms with Crippen LogP contribution < -0.4 is 5.32 Å². The predicted octanol–water partition coefficient (Wildman–Crippen LogP) is 2.23. The van der Waals surface area contributed by atoms with Crippen LogP contribution in [0.15, 0.2) is 39.8 Å². The van der Waals surface area contributed by atoms with E-state index in [1.807, 2.05) is 6.92 Å². The molecule has 0 fully saturated rings. The van der Waals surface area contributed by atoms with Gasteiger partial charge in [-0.2, -0.15) is 0 Å². The lowest BCUT2D eigenvalue weighted by Crippen LogP contribution is -2.23. The highest BCUT2D eigenvalue weighted by atomic mass is 32.2. The number of benzene rings is 1. The normalized spacial score (nSPS) is 11.4. The molecule has 0 radical (unpaired) electrons. The number of hydrogen-bond donors (Lipinski definition) is 1. The number of nitrogens with one attached hydrogen (secondary N) is 1. The monoisotopic (exact) mass is 307 g/mol. The summed E-state index contributed by atoms with van der Waals surface area (Å²) < 4.78 is 27.9. The molecule has 1 N–H and O–H groups in total. The zero-order valence-corrected chi connectivity index (χ0v) is 13.0. The van der Waals surface area contributed by atoms with Crippen LogP contribution in [-0.4, -0.2) is 20.6 Å². The summed E-state index contributed by atoms with van der Waals surface area (Å²) >= 11 is 0. The first-order valence-corrected chi connectivity index (χ1v) is 8.30. The third-order valence-corrected chi connectivity index (χ3v) is 4.32. The van der Waals surface area contributed by atoms with Crippen molar-refractivity contribution in [3.8, 4) is 0 Å². The molecule has 0 bridgehead atoms. The van der Waals surface area contributed by atoms with Crippen LogP contribution in [0.2, 0.25) is 0 Å². The van der Waals surface area contributed by atoms with Gasteiger partial charge in [-0.05, 0) is 31.5 Å². The van der Waals surface area contributed by atoms with Gasteiger partial charge in [-0.15, -0.1) is 0 Å². The molecule has 21 heavy (non-hydrogen) atoms. The minimum absolute atomic E-state index is 0.203. The van der Waals surface area contributed by atoms with Gasteiger partial charge >= 0.3 is 0 Å². The van der Waals surface area contributed by atoms with Crippen molar-refractivity contribution >= 4 is 15.7 Å². The van der Waals surface area contributed by atoms with Gasteiger partial charge in [0.2, 0.25) is 0 Å². The second-order valence-corrected chi connectivity index (χ2v) is 6.96. The summed E-state index contributed by atoms with van der Waals surface area (Å²) in [4.78, 5) is 12.3. The summed E-state index contributed by atoms with van der Waals surface area (Å²) in [6.07, 6.45) is 2.71. The third-order valence-electron chi connectivity index (χ3n) is 3.19. The SMILES string of the molecule is Cc1coc(C)c1C(=O)NCc1ccc(S(C)(=O)=O)cc1. The highest BCUT2D eigenvalue weighted by Gasteiger charge is 2.15. The summed E-state index contributed by atoms with van der Waals surface area (Å²) in [7, 11) is -3.20. The summed E-state index contributed by atoms with van der Waals surface area (Å²) in [6, 6.07) is 6.44. The second-order valence-electron chi connectivity index (χ2n) is 4.95. The molecule has 0 saturated carbocycles. The topological polar surface area (TPSA) is 76.4 Å². The molecule has 5 nitrogen and oxygen atoms in total. The number of amides is 1. The van der Waals surface area contributed by atoms with Gasteiger partial charge in [0.25, 0.3) is 5.91 Å². The van der Waals surface area contributed by atoms with Crippen molar-refractivity contribution in [2.24, 2.45) is 0 Å². The fourth-order valence-corrected chi connectivity index (χ4v) is 2.67. The van der Waals surface area contributed by atoms with E-state index < -0.39 is 9.84 Å². The van der Waals surface area contributed by atoms with Crippen LogP contribution in [0.3, 0.4) is 0 Å². The van der Waals surface area contributed by atoms with E-state index in [-0.39, 0.29) is 10.8 Å². The third kappa shape index (κ3) is 3.52. The first-order valence-electron chi connectivity index (χ1n) is 6.41. The number of sulfone groups is 1. The van der Waals surface area contributed by atoms with Crippen LogP contribution in [0.5, 0.6) is 0 Å². The smallest absolute Gasteiger partial charge is 0.255 e. The van der Waals surface area contributed by atoms with Crippen molar-refractivity contribution in [1.82, 2.24) is 5.32 Å². The Balaban J connectivity index is 2.05. The lowest BCUT2D eigenvalue weighted by Gasteiger charge is -2.06. The Kier molecular flexibility index (Phi) is 4.18. The molecule has 112 valence electrons. The van der Waals surface area contributed by atoms with Gasteiger partial charge in [-0.25, -0.2) is 8.42 Å². The molecule has 0 aliphatic rings. The van der Waals surface area contributed by atoms with Gasteiger partial charge in [-0.3, -0.25) is 4.79 Å². The van der Waals surface area contributed by atoms with E-state index in [1.54, 1.807) is 25.3 Å². The Bertz CT molecular complexity index is 738. The molecule has 0 spiro atoms. The molecule has 2 rings (SSSR count). The van der Waals surface area contributed by atoms with E-state index in [1.165, 1.54) is 12.1 Å². The van der Waals surface area contributed by atoms with Gasteiger partial charge in [0.05, 0.1) is 16.7 Å². The Morgan fingerprint density at radius 1 is 1.19 bits per heavy atom. The first-order chi connectivity index (χ1) is 9.79.